The van der Waals surface area contributed by atoms with Crippen LogP contribution in [0.25, 0.3) is 22.0 Å². The van der Waals surface area contributed by atoms with E-state index in [9.17, 15) is 32.3 Å². The Bertz CT molecular complexity index is 2140. The average Bonchev–Trinajstić information content (AvgIpc) is 3.50. The van der Waals surface area contributed by atoms with Crippen molar-refractivity contribution >= 4 is 40.2 Å². The van der Waals surface area contributed by atoms with Gasteiger partial charge < -0.3 is 15.5 Å². The molecule has 7 rings (SSSR count). The molecule has 0 spiro atoms. The predicted molar refractivity (Wildman–Crippen MR) is 184 cm³/mol. The third-order valence-electron chi connectivity index (χ3n) is 10.2. The third kappa shape index (κ3) is 6.66. The number of allylic oxidation sites excluding steroid dienone is 2. The Labute approximate surface area is 296 Å². The Hall–Kier alpha value is -5.47. The van der Waals surface area contributed by atoms with Crippen molar-refractivity contribution in [3.8, 4) is 11.1 Å². The molecular weight excluding hydrogens is 677 g/mol. The molecule has 52 heavy (non-hydrogen) atoms. The second kappa shape index (κ2) is 13.3. The molecule has 1 saturated heterocycles. The lowest BCUT2D eigenvalue weighted by molar-refractivity contribution is -0.141. The van der Waals surface area contributed by atoms with Crippen molar-refractivity contribution in [3.63, 3.8) is 0 Å². The number of ketones is 1. The molecule has 1 saturated carbocycles. The van der Waals surface area contributed by atoms with Crippen LogP contribution in [-0.2, 0) is 33.5 Å². The van der Waals surface area contributed by atoms with Crippen molar-refractivity contribution in [2.24, 2.45) is 5.41 Å². The zero-order valence-corrected chi connectivity index (χ0v) is 28.9. The number of carbonyl (C=O) groups is 4. The van der Waals surface area contributed by atoms with Gasteiger partial charge in [0.25, 0.3) is 0 Å². The second-order valence-corrected chi connectivity index (χ2v) is 13.9. The van der Waals surface area contributed by atoms with Crippen LogP contribution in [-0.4, -0.2) is 71.8 Å². The highest BCUT2D eigenvalue weighted by atomic mass is 19.4. The summed E-state index contributed by atoms with van der Waals surface area (Å²) < 4.78 is 42.0. The molecule has 0 unspecified atom stereocenters. The predicted octanol–water partition coefficient (Wildman–Crippen LogP) is 5.12. The van der Waals surface area contributed by atoms with Gasteiger partial charge in [0.1, 0.15) is 35.6 Å². The van der Waals surface area contributed by atoms with E-state index < -0.39 is 41.2 Å². The van der Waals surface area contributed by atoms with Crippen molar-refractivity contribution in [3.05, 3.63) is 77.2 Å². The van der Waals surface area contributed by atoms with E-state index in [0.717, 1.165) is 22.8 Å². The zero-order valence-electron chi connectivity index (χ0n) is 28.9. The van der Waals surface area contributed by atoms with Gasteiger partial charge in [-0.3, -0.25) is 23.9 Å². The molecule has 5 heterocycles. The summed E-state index contributed by atoms with van der Waals surface area (Å²) in [5, 5.41) is 10.7. The number of piperidine rings is 1. The van der Waals surface area contributed by atoms with Gasteiger partial charge in [0, 0.05) is 54.7 Å². The molecule has 0 radical (unpaired) electrons. The Morgan fingerprint density at radius 1 is 1.04 bits per heavy atom. The molecule has 3 amide bonds. The lowest BCUT2D eigenvalue weighted by Gasteiger charge is -2.27. The van der Waals surface area contributed by atoms with Gasteiger partial charge in [0.05, 0.1) is 5.52 Å². The van der Waals surface area contributed by atoms with Crippen LogP contribution in [0.4, 0.5) is 19.0 Å². The molecule has 12 nitrogen and oxygen atoms in total. The molecule has 2 N–H and O–H groups in total. The van der Waals surface area contributed by atoms with Crippen LogP contribution in [0.3, 0.4) is 0 Å². The summed E-state index contributed by atoms with van der Waals surface area (Å²) >= 11 is 0. The van der Waals surface area contributed by atoms with Gasteiger partial charge in [-0.05, 0) is 80.8 Å². The Morgan fingerprint density at radius 3 is 2.54 bits per heavy atom. The van der Waals surface area contributed by atoms with E-state index in [-0.39, 0.29) is 42.7 Å². The van der Waals surface area contributed by atoms with Gasteiger partial charge >= 0.3 is 6.18 Å². The van der Waals surface area contributed by atoms with Gasteiger partial charge in [0.2, 0.25) is 17.7 Å². The Balaban J connectivity index is 1.29. The summed E-state index contributed by atoms with van der Waals surface area (Å²) in [6.45, 7) is 4.66. The van der Waals surface area contributed by atoms with E-state index in [0.29, 0.717) is 54.4 Å². The Morgan fingerprint density at radius 2 is 1.81 bits per heavy atom. The largest absolute Gasteiger partial charge is 0.433 e. The topological polar surface area (TPSA) is 152 Å². The van der Waals surface area contributed by atoms with Crippen molar-refractivity contribution < 1.29 is 32.3 Å². The summed E-state index contributed by atoms with van der Waals surface area (Å²) in [6.07, 6.45) is 5.40. The minimum Gasteiger partial charge on any atom is -0.355 e. The number of pyridine rings is 1. The molecule has 2 aliphatic heterocycles. The monoisotopic (exact) mass is 714 g/mol. The lowest BCUT2D eigenvalue weighted by Crippen LogP contribution is -2.47. The summed E-state index contributed by atoms with van der Waals surface area (Å²) in [5.41, 5.74) is 1.66. The molecule has 3 aliphatic rings. The van der Waals surface area contributed by atoms with Crippen molar-refractivity contribution in [2.45, 2.75) is 84.1 Å². The van der Waals surface area contributed by atoms with Gasteiger partial charge in [-0.2, -0.15) is 18.3 Å². The first-order chi connectivity index (χ1) is 24.7. The Kier molecular flexibility index (Phi) is 8.91. The highest BCUT2D eigenvalue weighted by molar-refractivity contribution is 6.07. The van der Waals surface area contributed by atoms with Crippen LogP contribution >= 0.6 is 0 Å². The van der Waals surface area contributed by atoms with Crippen LogP contribution in [0.1, 0.15) is 72.2 Å². The molecule has 1 aromatic carbocycles. The average molecular weight is 715 g/mol. The maximum absolute atomic E-state index is 14.4. The summed E-state index contributed by atoms with van der Waals surface area (Å²) in [4.78, 5) is 67.9. The number of amides is 3. The van der Waals surface area contributed by atoms with Crippen molar-refractivity contribution in [1.29, 1.82) is 0 Å². The molecule has 1 aliphatic carbocycles. The van der Waals surface area contributed by atoms with Crippen LogP contribution in [0.5, 0.6) is 0 Å². The van der Waals surface area contributed by atoms with E-state index in [2.05, 4.69) is 30.7 Å². The van der Waals surface area contributed by atoms with E-state index in [1.807, 2.05) is 24.3 Å². The number of carbonyl (C=O) groups excluding carboxylic acids is 4. The number of benzene rings is 1. The van der Waals surface area contributed by atoms with Gasteiger partial charge in [0.15, 0.2) is 5.78 Å². The SMILES string of the molecule is CC(=O)c1nn2c3c(cc(-c4cnc(C)nc4)cc13)C/C=C\CCCC(=O)NC[C@@]13C[C@@H](C(=O)Nc4nc(C(F)(F)F)ccc4C)N(C(=O)C2)[C@@H]1C3. The molecule has 4 aromatic rings. The number of Topliss-reactive ketones (excluding diaryl/α,β-unsaturated/α-hetero) is 1. The molecule has 2 fully saturated rings. The van der Waals surface area contributed by atoms with Gasteiger partial charge in [-0.1, -0.05) is 18.2 Å². The van der Waals surface area contributed by atoms with Crippen LogP contribution in [0, 0.1) is 19.3 Å². The maximum atomic E-state index is 14.4. The number of hydrogen-bond donors (Lipinski definition) is 2. The van der Waals surface area contributed by atoms with E-state index in [1.54, 1.807) is 19.3 Å². The normalized spacial score (nSPS) is 22.8. The van der Waals surface area contributed by atoms with Crippen LogP contribution in [0.2, 0.25) is 0 Å². The summed E-state index contributed by atoms with van der Waals surface area (Å²) in [7, 11) is 0. The molecule has 3 atom stereocenters. The fourth-order valence-corrected chi connectivity index (χ4v) is 7.41. The fourth-order valence-electron chi connectivity index (χ4n) is 7.41. The van der Waals surface area contributed by atoms with Gasteiger partial charge in [-0.25, -0.2) is 15.0 Å². The second-order valence-electron chi connectivity index (χ2n) is 13.9. The molecular formula is C37H37F3N8O4. The summed E-state index contributed by atoms with van der Waals surface area (Å²) in [6, 6.07) is 4.41. The van der Waals surface area contributed by atoms with Crippen LogP contribution < -0.4 is 10.6 Å². The third-order valence-corrected chi connectivity index (χ3v) is 10.2. The molecule has 270 valence electrons. The number of hydrogen-bond acceptors (Lipinski definition) is 8. The van der Waals surface area contributed by atoms with E-state index in [1.165, 1.54) is 29.5 Å². The first-order valence-corrected chi connectivity index (χ1v) is 17.2. The minimum absolute atomic E-state index is 0.140. The van der Waals surface area contributed by atoms with E-state index in [4.69, 9.17) is 0 Å². The number of rotatable bonds is 4. The number of nitrogens with zero attached hydrogens (tertiary/aromatic N) is 6. The smallest absolute Gasteiger partial charge is 0.355 e. The number of aromatic nitrogens is 5. The number of halogens is 3. The zero-order chi connectivity index (χ0) is 36.9. The highest BCUT2D eigenvalue weighted by Crippen LogP contribution is 2.59. The minimum atomic E-state index is -4.72. The van der Waals surface area contributed by atoms with Crippen molar-refractivity contribution in [2.75, 3.05) is 11.9 Å². The lowest BCUT2D eigenvalue weighted by atomic mass is 9.98. The number of aryl methyl sites for hydroxylation is 2. The number of alkyl halides is 3. The first-order valence-electron chi connectivity index (χ1n) is 17.2. The number of anilines is 1. The van der Waals surface area contributed by atoms with Crippen molar-refractivity contribution in [1.82, 2.24) is 34.9 Å². The maximum Gasteiger partial charge on any atom is 0.433 e. The number of nitrogens with one attached hydrogen (secondary N) is 2. The quantitative estimate of drug-likeness (QED) is 0.218. The summed E-state index contributed by atoms with van der Waals surface area (Å²) in [5.74, 6) is -1.21. The standard InChI is InChI=1S/C37H37F3N8O4/c1-20-10-11-28(37(38,39)40)44-34(20)45-35(52)27-14-36-15-29(36)48(27)31(51)18-47-33-23(8-6-4-5-7-9-30(50)43-19-36)12-24(25-16-41-22(3)42-17-25)13-26(33)32(46-47)21(2)49/h4,6,10-13,16-17,27,29H,5,7-9,14-15,18-19H2,1-3H3,(H,43,50)(H,44,45,52)/b6-4-/t27-,29+,36-/m0/s1. The first kappa shape index (κ1) is 35.0. The van der Waals surface area contributed by atoms with E-state index >= 15 is 0 Å². The molecule has 3 aromatic heterocycles. The fraction of sp³-hybridized carbons (Fsp3) is 0.405. The molecule has 2 bridgehead atoms. The van der Waals surface area contributed by atoms with Gasteiger partial charge in [-0.15, -0.1) is 0 Å². The van der Waals surface area contributed by atoms with Crippen LogP contribution in [0.15, 0.2) is 48.8 Å². The highest BCUT2D eigenvalue weighted by Gasteiger charge is 2.67. The molecule has 15 heteroatoms.